The molecule has 0 saturated carbocycles. The van der Waals surface area contributed by atoms with Gasteiger partial charge in [0.15, 0.2) is 0 Å². The highest BCUT2D eigenvalue weighted by molar-refractivity contribution is 5.89. The molecule has 164 valence electrons. The van der Waals surface area contributed by atoms with Gasteiger partial charge < -0.3 is 15.2 Å². The maximum Gasteiger partial charge on any atom is 0.410 e. The maximum atomic E-state index is 12.8. The van der Waals surface area contributed by atoms with E-state index in [1.807, 2.05) is 60.7 Å². The number of amides is 2. The molecule has 3 rings (SSSR count). The van der Waals surface area contributed by atoms with Gasteiger partial charge >= 0.3 is 12.1 Å². The molecule has 2 amide bonds. The second-order valence-electron chi connectivity index (χ2n) is 7.67. The quantitative estimate of drug-likeness (QED) is 0.643. The lowest BCUT2D eigenvalue weighted by atomic mass is 10.0. The van der Waals surface area contributed by atoms with Crippen LogP contribution in [0.4, 0.5) is 4.79 Å². The number of ether oxygens (including phenoxy) is 1. The van der Waals surface area contributed by atoms with E-state index in [0.717, 1.165) is 17.5 Å². The Labute approximate surface area is 182 Å². The molecule has 7 nitrogen and oxygen atoms in total. The van der Waals surface area contributed by atoms with Gasteiger partial charge in [0.2, 0.25) is 5.91 Å². The summed E-state index contributed by atoms with van der Waals surface area (Å²) in [5, 5.41) is 12.1. The number of nitrogens with zero attached hydrogens (tertiary/aromatic N) is 1. The molecular formula is C24H28N2O5. The summed E-state index contributed by atoms with van der Waals surface area (Å²) in [4.78, 5) is 38.3. The summed E-state index contributed by atoms with van der Waals surface area (Å²) in [7, 11) is 0. The molecule has 0 spiro atoms. The first-order valence-corrected chi connectivity index (χ1v) is 10.6. The van der Waals surface area contributed by atoms with Crippen LogP contribution in [-0.4, -0.2) is 46.6 Å². The highest BCUT2D eigenvalue weighted by atomic mass is 16.6. The van der Waals surface area contributed by atoms with Crippen molar-refractivity contribution >= 4 is 18.0 Å². The minimum absolute atomic E-state index is 0.127. The standard InChI is InChI=1S/C24H28N2O5/c27-22(25-20(23(28)29)14-7-13-18-9-3-1-4-10-18)21-15-8-16-26(21)24(30)31-17-19-11-5-2-6-12-19/h1-6,9-12,20-21H,7-8,13-17H2,(H,25,27)(H,28,29)/t20-,21-/m1/s1. The normalized spacial score (nSPS) is 16.5. The Morgan fingerprint density at radius 3 is 2.32 bits per heavy atom. The average molecular weight is 424 g/mol. The van der Waals surface area contributed by atoms with Crippen molar-refractivity contribution in [2.24, 2.45) is 0 Å². The lowest BCUT2D eigenvalue weighted by Gasteiger charge is -2.25. The monoisotopic (exact) mass is 424 g/mol. The number of carboxylic acid groups (broad SMARTS) is 1. The highest BCUT2D eigenvalue weighted by Crippen LogP contribution is 2.20. The van der Waals surface area contributed by atoms with E-state index in [1.165, 1.54) is 4.90 Å². The number of aryl methyl sites for hydroxylation is 1. The van der Waals surface area contributed by atoms with E-state index in [-0.39, 0.29) is 6.61 Å². The fourth-order valence-corrected chi connectivity index (χ4v) is 3.74. The first kappa shape index (κ1) is 22.3. The topological polar surface area (TPSA) is 95.9 Å². The molecule has 0 bridgehead atoms. The van der Waals surface area contributed by atoms with Gasteiger partial charge in [-0.05, 0) is 43.2 Å². The maximum absolute atomic E-state index is 12.8. The molecule has 1 saturated heterocycles. The Morgan fingerprint density at radius 2 is 1.68 bits per heavy atom. The molecule has 2 aromatic carbocycles. The van der Waals surface area contributed by atoms with E-state index in [2.05, 4.69) is 5.32 Å². The molecule has 31 heavy (non-hydrogen) atoms. The summed E-state index contributed by atoms with van der Waals surface area (Å²) >= 11 is 0. The van der Waals surface area contributed by atoms with Crippen molar-refractivity contribution in [2.45, 2.75) is 50.8 Å². The number of carbonyl (C=O) groups excluding carboxylic acids is 2. The zero-order valence-electron chi connectivity index (χ0n) is 17.4. The van der Waals surface area contributed by atoms with Crippen LogP contribution in [0.5, 0.6) is 0 Å². The molecule has 1 aliphatic rings. The van der Waals surface area contributed by atoms with E-state index in [9.17, 15) is 19.5 Å². The number of carboxylic acids is 1. The minimum atomic E-state index is -1.07. The Morgan fingerprint density at radius 1 is 1.03 bits per heavy atom. The summed E-state index contributed by atoms with van der Waals surface area (Å²) in [5.74, 6) is -1.51. The number of carbonyl (C=O) groups is 3. The van der Waals surface area contributed by atoms with Crippen molar-refractivity contribution in [2.75, 3.05) is 6.54 Å². The molecule has 2 aromatic rings. The van der Waals surface area contributed by atoms with Crippen molar-refractivity contribution in [1.82, 2.24) is 10.2 Å². The van der Waals surface area contributed by atoms with Crippen LogP contribution >= 0.6 is 0 Å². The third-order valence-electron chi connectivity index (χ3n) is 5.41. The zero-order valence-corrected chi connectivity index (χ0v) is 17.4. The highest BCUT2D eigenvalue weighted by Gasteiger charge is 2.36. The number of likely N-dealkylation sites (tertiary alicyclic amines) is 1. The molecule has 0 aromatic heterocycles. The average Bonchev–Trinajstić information content (AvgIpc) is 3.28. The first-order valence-electron chi connectivity index (χ1n) is 10.6. The lowest BCUT2D eigenvalue weighted by molar-refractivity contribution is -0.142. The van der Waals surface area contributed by atoms with Crippen molar-refractivity contribution in [3.05, 3.63) is 71.8 Å². The third kappa shape index (κ3) is 6.57. The summed E-state index contributed by atoms with van der Waals surface area (Å²) in [6.07, 6.45) is 2.29. The summed E-state index contributed by atoms with van der Waals surface area (Å²) in [6.45, 7) is 0.541. The predicted molar refractivity (Wildman–Crippen MR) is 115 cm³/mol. The van der Waals surface area contributed by atoms with Crippen LogP contribution in [0.3, 0.4) is 0 Å². The van der Waals surface area contributed by atoms with Gasteiger partial charge in [-0.1, -0.05) is 60.7 Å². The Hall–Kier alpha value is -3.35. The summed E-state index contributed by atoms with van der Waals surface area (Å²) < 4.78 is 5.35. The van der Waals surface area contributed by atoms with Gasteiger partial charge in [-0.2, -0.15) is 0 Å². The van der Waals surface area contributed by atoms with Crippen molar-refractivity contribution in [1.29, 1.82) is 0 Å². The van der Waals surface area contributed by atoms with Crippen LogP contribution < -0.4 is 5.32 Å². The smallest absolute Gasteiger partial charge is 0.410 e. The second-order valence-corrected chi connectivity index (χ2v) is 7.67. The van der Waals surface area contributed by atoms with Crippen molar-refractivity contribution in [3.63, 3.8) is 0 Å². The van der Waals surface area contributed by atoms with Crippen LogP contribution in [0.1, 0.15) is 36.8 Å². The van der Waals surface area contributed by atoms with Gasteiger partial charge in [0.05, 0.1) is 0 Å². The predicted octanol–water partition coefficient (Wildman–Crippen LogP) is 3.38. The Balaban J connectivity index is 1.51. The third-order valence-corrected chi connectivity index (χ3v) is 5.41. The number of aliphatic carboxylic acids is 1. The number of rotatable bonds is 9. The van der Waals surface area contributed by atoms with E-state index >= 15 is 0 Å². The zero-order chi connectivity index (χ0) is 22.1. The van der Waals surface area contributed by atoms with Gasteiger partial charge in [-0.15, -0.1) is 0 Å². The van der Waals surface area contributed by atoms with Gasteiger partial charge in [-0.25, -0.2) is 9.59 Å². The fourth-order valence-electron chi connectivity index (χ4n) is 3.74. The first-order chi connectivity index (χ1) is 15.0. The number of benzene rings is 2. The SMILES string of the molecule is O=C(N[C@H](CCCc1ccccc1)C(=O)O)[C@H]1CCCN1C(=O)OCc1ccccc1. The van der Waals surface area contributed by atoms with Crippen LogP contribution in [0.15, 0.2) is 60.7 Å². The molecule has 1 aliphatic heterocycles. The van der Waals surface area contributed by atoms with Gasteiger partial charge in [0.25, 0.3) is 0 Å². The summed E-state index contributed by atoms with van der Waals surface area (Å²) in [5.41, 5.74) is 1.99. The van der Waals surface area contributed by atoms with Crippen LogP contribution in [-0.2, 0) is 27.4 Å². The van der Waals surface area contributed by atoms with Gasteiger partial charge in [0, 0.05) is 6.54 Å². The molecule has 0 aliphatic carbocycles. The van der Waals surface area contributed by atoms with E-state index < -0.39 is 30.1 Å². The largest absolute Gasteiger partial charge is 0.480 e. The van der Waals surface area contributed by atoms with Gasteiger partial charge in [-0.3, -0.25) is 9.69 Å². The lowest BCUT2D eigenvalue weighted by Crippen LogP contribution is -2.51. The molecule has 0 unspecified atom stereocenters. The van der Waals surface area contributed by atoms with Crippen LogP contribution in [0.25, 0.3) is 0 Å². The molecule has 2 N–H and O–H groups in total. The number of nitrogens with one attached hydrogen (secondary N) is 1. The molecule has 1 fully saturated rings. The van der Waals surface area contributed by atoms with Crippen molar-refractivity contribution in [3.8, 4) is 0 Å². The minimum Gasteiger partial charge on any atom is -0.480 e. The van der Waals surface area contributed by atoms with Crippen LogP contribution in [0.2, 0.25) is 0 Å². The Bertz CT molecular complexity index is 872. The van der Waals surface area contributed by atoms with E-state index in [1.54, 1.807) is 0 Å². The summed E-state index contributed by atoms with van der Waals surface area (Å²) in [6, 6.07) is 17.4. The number of hydrogen-bond donors (Lipinski definition) is 2. The second kappa shape index (κ2) is 11.2. The van der Waals surface area contributed by atoms with Crippen LogP contribution in [0, 0.1) is 0 Å². The molecule has 2 atom stereocenters. The molecule has 0 radical (unpaired) electrons. The van der Waals surface area contributed by atoms with Crippen molar-refractivity contribution < 1.29 is 24.2 Å². The van der Waals surface area contributed by atoms with Gasteiger partial charge in [0.1, 0.15) is 18.7 Å². The fraction of sp³-hybridized carbons (Fsp3) is 0.375. The Kier molecular flexibility index (Phi) is 8.04. The van der Waals surface area contributed by atoms with E-state index in [0.29, 0.717) is 32.2 Å². The number of hydrogen-bond acceptors (Lipinski definition) is 4. The molecule has 1 heterocycles. The molecule has 7 heteroatoms. The molecular weight excluding hydrogens is 396 g/mol. The van der Waals surface area contributed by atoms with E-state index in [4.69, 9.17) is 4.74 Å².